The maximum absolute atomic E-state index is 13.3. The standard InChI is InChI=1S/C27H29N3O5S/c1-27(2,19-11-12-19)30-25(31)23(14-18-15-28-22-9-5-4-8-21(18)22)29-26(32)35-16-20-13-17-7-3-6-10-24(17)36(20,33)34/h3-10,13,15,19,23,28H,11-12,14,16H2,1-2H3,(H,29,32)(H,30,31)/t23-/m0/s1. The van der Waals surface area contributed by atoms with Gasteiger partial charge in [-0.05, 0) is 61.9 Å². The van der Waals surface area contributed by atoms with Crippen molar-refractivity contribution < 1.29 is 22.7 Å². The van der Waals surface area contributed by atoms with E-state index in [2.05, 4.69) is 15.6 Å². The van der Waals surface area contributed by atoms with Crippen molar-refractivity contribution in [1.82, 2.24) is 15.6 Å². The van der Waals surface area contributed by atoms with Crippen LogP contribution in [0, 0.1) is 5.92 Å². The number of aromatic amines is 1. The van der Waals surface area contributed by atoms with Gasteiger partial charge in [-0.2, -0.15) is 0 Å². The third-order valence-electron chi connectivity index (χ3n) is 6.97. The molecule has 5 rings (SSSR count). The van der Waals surface area contributed by atoms with Crippen molar-refractivity contribution in [2.24, 2.45) is 5.92 Å². The summed E-state index contributed by atoms with van der Waals surface area (Å²) < 4.78 is 30.8. The van der Waals surface area contributed by atoms with E-state index < -0.39 is 34.1 Å². The summed E-state index contributed by atoms with van der Waals surface area (Å²) >= 11 is 0. The fourth-order valence-electron chi connectivity index (χ4n) is 4.72. The minimum Gasteiger partial charge on any atom is -0.444 e. The zero-order valence-electron chi connectivity index (χ0n) is 20.2. The molecule has 9 heteroatoms. The number of para-hydroxylation sites is 1. The molecule has 8 nitrogen and oxygen atoms in total. The van der Waals surface area contributed by atoms with Crippen LogP contribution in [0.3, 0.4) is 0 Å². The number of aromatic nitrogens is 1. The Morgan fingerprint density at radius 1 is 1.11 bits per heavy atom. The Morgan fingerprint density at radius 3 is 2.58 bits per heavy atom. The molecule has 36 heavy (non-hydrogen) atoms. The number of hydrogen-bond acceptors (Lipinski definition) is 5. The van der Waals surface area contributed by atoms with Crippen LogP contribution in [0.4, 0.5) is 4.79 Å². The lowest BCUT2D eigenvalue weighted by Gasteiger charge is -2.29. The van der Waals surface area contributed by atoms with Crippen LogP contribution >= 0.6 is 0 Å². The van der Waals surface area contributed by atoms with Gasteiger partial charge >= 0.3 is 6.09 Å². The second-order valence-corrected chi connectivity index (χ2v) is 11.9. The van der Waals surface area contributed by atoms with E-state index in [1.165, 1.54) is 12.1 Å². The molecule has 0 saturated heterocycles. The molecular formula is C27H29N3O5S. The zero-order valence-corrected chi connectivity index (χ0v) is 21.0. The number of ether oxygens (including phenoxy) is 1. The monoisotopic (exact) mass is 507 g/mol. The number of hydrogen-bond donors (Lipinski definition) is 3. The topological polar surface area (TPSA) is 117 Å². The van der Waals surface area contributed by atoms with Crippen LogP contribution in [0.1, 0.15) is 37.8 Å². The lowest BCUT2D eigenvalue weighted by molar-refractivity contribution is -0.124. The van der Waals surface area contributed by atoms with Crippen molar-refractivity contribution in [1.29, 1.82) is 0 Å². The highest BCUT2D eigenvalue weighted by Crippen LogP contribution is 2.39. The van der Waals surface area contributed by atoms with Gasteiger partial charge < -0.3 is 20.4 Å². The van der Waals surface area contributed by atoms with E-state index in [-0.39, 0.29) is 22.1 Å². The van der Waals surface area contributed by atoms with E-state index in [4.69, 9.17) is 4.74 Å². The van der Waals surface area contributed by atoms with Gasteiger partial charge in [0.15, 0.2) is 0 Å². The first-order valence-corrected chi connectivity index (χ1v) is 13.5. The number of amides is 2. The summed E-state index contributed by atoms with van der Waals surface area (Å²) in [5, 5.41) is 6.71. The molecule has 1 saturated carbocycles. The normalized spacial score (nSPS) is 17.2. The van der Waals surface area contributed by atoms with Crippen molar-refractivity contribution in [3.63, 3.8) is 0 Å². The number of carbonyl (C=O) groups excluding carboxylic acids is 2. The molecule has 2 aliphatic rings. The molecule has 188 valence electrons. The van der Waals surface area contributed by atoms with E-state index in [0.717, 1.165) is 29.3 Å². The van der Waals surface area contributed by atoms with Crippen molar-refractivity contribution in [2.45, 2.75) is 49.6 Å². The molecule has 1 aliphatic carbocycles. The smallest absolute Gasteiger partial charge is 0.408 e. The van der Waals surface area contributed by atoms with Crippen LogP contribution < -0.4 is 10.6 Å². The SMILES string of the molecule is CC(C)(NC(=O)[C@H](Cc1c[nH]c2ccccc12)NC(=O)OCC1=Cc2ccccc2S1(=O)=O)C1CC1. The van der Waals surface area contributed by atoms with E-state index in [1.807, 2.05) is 44.3 Å². The minimum atomic E-state index is -3.71. The average Bonchev–Trinajstić information content (AvgIpc) is 3.59. The summed E-state index contributed by atoms with van der Waals surface area (Å²) in [5.41, 5.74) is 1.99. The highest BCUT2D eigenvalue weighted by molar-refractivity contribution is 7.95. The van der Waals surface area contributed by atoms with E-state index in [1.54, 1.807) is 18.2 Å². The Balaban J connectivity index is 1.30. The number of nitrogens with one attached hydrogen (secondary N) is 3. The first kappa shape index (κ1) is 24.1. The predicted molar refractivity (Wildman–Crippen MR) is 137 cm³/mol. The maximum atomic E-state index is 13.3. The van der Waals surface area contributed by atoms with Gasteiger partial charge in [-0.3, -0.25) is 4.79 Å². The molecule has 1 aliphatic heterocycles. The molecule has 3 aromatic rings. The van der Waals surface area contributed by atoms with Crippen LogP contribution in [0.2, 0.25) is 0 Å². The fraction of sp³-hybridized carbons (Fsp3) is 0.333. The van der Waals surface area contributed by atoms with E-state index >= 15 is 0 Å². The summed E-state index contributed by atoms with van der Waals surface area (Å²) in [6.07, 6.45) is 4.84. The Bertz CT molecular complexity index is 1470. The molecule has 2 heterocycles. The van der Waals surface area contributed by atoms with Gasteiger partial charge in [0.1, 0.15) is 12.6 Å². The van der Waals surface area contributed by atoms with E-state index in [9.17, 15) is 18.0 Å². The van der Waals surface area contributed by atoms with Gasteiger partial charge in [0.25, 0.3) is 0 Å². The van der Waals surface area contributed by atoms with Crippen LogP contribution in [-0.4, -0.2) is 43.6 Å². The first-order chi connectivity index (χ1) is 17.1. The van der Waals surface area contributed by atoms with Gasteiger partial charge in [-0.1, -0.05) is 36.4 Å². The average molecular weight is 508 g/mol. The Hall–Kier alpha value is -3.59. The van der Waals surface area contributed by atoms with Crippen molar-refractivity contribution >= 4 is 38.8 Å². The number of carbonyl (C=O) groups is 2. The fourth-order valence-corrected chi connectivity index (χ4v) is 6.19. The Labute approximate surface area is 210 Å². The summed E-state index contributed by atoms with van der Waals surface area (Å²) in [5.74, 6) is 0.0949. The molecule has 2 aromatic carbocycles. The van der Waals surface area contributed by atoms with Gasteiger partial charge in [0.2, 0.25) is 15.7 Å². The zero-order chi connectivity index (χ0) is 25.5. The number of alkyl carbamates (subject to hydrolysis) is 1. The molecule has 1 aromatic heterocycles. The van der Waals surface area contributed by atoms with Gasteiger partial charge in [0, 0.05) is 29.1 Å². The van der Waals surface area contributed by atoms with Crippen LogP contribution in [-0.2, 0) is 25.8 Å². The highest BCUT2D eigenvalue weighted by atomic mass is 32.2. The molecule has 0 bridgehead atoms. The second kappa shape index (κ2) is 9.13. The number of fused-ring (bicyclic) bond motifs is 2. The largest absolute Gasteiger partial charge is 0.444 e. The summed E-state index contributed by atoms with van der Waals surface area (Å²) in [4.78, 5) is 29.5. The minimum absolute atomic E-state index is 0.00588. The van der Waals surface area contributed by atoms with Gasteiger partial charge in [-0.25, -0.2) is 13.2 Å². The number of rotatable bonds is 8. The van der Waals surface area contributed by atoms with Crippen LogP contribution in [0.15, 0.2) is 64.5 Å². The highest BCUT2D eigenvalue weighted by Gasteiger charge is 2.40. The first-order valence-electron chi connectivity index (χ1n) is 12.0. The lowest BCUT2D eigenvalue weighted by Crippen LogP contribution is -2.55. The number of benzene rings is 2. The molecular weight excluding hydrogens is 478 g/mol. The predicted octanol–water partition coefficient (Wildman–Crippen LogP) is 3.94. The summed E-state index contributed by atoms with van der Waals surface area (Å²) in [7, 11) is -3.71. The van der Waals surface area contributed by atoms with Crippen molar-refractivity contribution in [3.8, 4) is 0 Å². The molecule has 0 unspecified atom stereocenters. The van der Waals surface area contributed by atoms with Crippen LogP contribution in [0.25, 0.3) is 17.0 Å². The lowest BCUT2D eigenvalue weighted by atomic mass is 9.97. The second-order valence-electron chi connectivity index (χ2n) is 9.97. The number of sulfone groups is 1. The summed E-state index contributed by atoms with van der Waals surface area (Å²) in [6, 6.07) is 13.5. The molecule has 0 radical (unpaired) electrons. The Morgan fingerprint density at radius 2 is 1.83 bits per heavy atom. The molecule has 1 fully saturated rings. The van der Waals surface area contributed by atoms with Crippen LogP contribution in [0.5, 0.6) is 0 Å². The Kier molecular flexibility index (Phi) is 6.12. The molecule has 2 amide bonds. The van der Waals surface area contributed by atoms with Gasteiger partial charge in [-0.15, -0.1) is 0 Å². The third kappa shape index (κ3) is 4.75. The van der Waals surface area contributed by atoms with Crippen molar-refractivity contribution in [3.05, 3.63) is 70.8 Å². The van der Waals surface area contributed by atoms with Crippen molar-refractivity contribution in [2.75, 3.05) is 6.61 Å². The molecule has 3 N–H and O–H groups in total. The third-order valence-corrected chi connectivity index (χ3v) is 8.84. The number of H-pyrrole nitrogens is 1. The van der Waals surface area contributed by atoms with Gasteiger partial charge in [0.05, 0.1) is 9.80 Å². The molecule has 1 atom stereocenters. The summed E-state index contributed by atoms with van der Waals surface area (Å²) in [6.45, 7) is 3.55. The maximum Gasteiger partial charge on any atom is 0.408 e. The molecule has 0 spiro atoms. The van der Waals surface area contributed by atoms with E-state index in [0.29, 0.717) is 11.5 Å². The quantitative estimate of drug-likeness (QED) is 0.427.